The minimum Gasteiger partial charge on any atom is -0.457 e. The Labute approximate surface area is 241 Å². The average molecular weight is 539 g/mol. The number of aryl methyl sites for hydroxylation is 2. The van der Waals surface area contributed by atoms with Gasteiger partial charge in [-0.3, -0.25) is 0 Å². The van der Waals surface area contributed by atoms with Crippen LogP contribution in [0.25, 0.3) is 34.0 Å². The second-order valence-electron chi connectivity index (χ2n) is 10.2. The number of hydrogen-bond acceptors (Lipinski definition) is 3. The third-order valence-electron chi connectivity index (χ3n) is 7.34. The lowest BCUT2D eigenvalue weighted by Crippen LogP contribution is -1.98. The quantitative estimate of drug-likeness (QED) is 0.189. The fraction of sp³-hybridized carbons (Fsp3) is 0.222. The smallest absolute Gasteiger partial charge is 0.137 e. The molecule has 204 valence electrons. The van der Waals surface area contributed by atoms with Crippen molar-refractivity contribution in [3.63, 3.8) is 0 Å². The number of benzene rings is 2. The highest BCUT2D eigenvalue weighted by atomic mass is 16.5. The lowest BCUT2D eigenvalue weighted by Gasteiger charge is -2.14. The first-order chi connectivity index (χ1) is 20.1. The van der Waals surface area contributed by atoms with E-state index in [4.69, 9.17) is 4.74 Å². The number of nitrogens with zero attached hydrogens (tertiary/aromatic N) is 4. The van der Waals surface area contributed by atoms with Crippen molar-refractivity contribution in [2.45, 2.75) is 52.6 Å². The van der Waals surface area contributed by atoms with Crippen LogP contribution >= 0.6 is 0 Å². The fourth-order valence-electron chi connectivity index (χ4n) is 5.19. The normalized spacial score (nSPS) is 13.4. The molecule has 2 aromatic heterocycles. The van der Waals surface area contributed by atoms with Gasteiger partial charge in [-0.15, -0.1) is 0 Å². The van der Waals surface area contributed by atoms with Crippen molar-refractivity contribution in [2.24, 2.45) is 0 Å². The molecule has 0 bridgehead atoms. The summed E-state index contributed by atoms with van der Waals surface area (Å²) in [6, 6.07) is 20.9. The molecule has 4 aromatic rings. The molecule has 0 aliphatic carbocycles. The summed E-state index contributed by atoms with van der Waals surface area (Å²) in [5.41, 5.74) is 5.20. The number of rotatable bonds is 10. The van der Waals surface area contributed by atoms with Gasteiger partial charge >= 0.3 is 0 Å². The highest BCUT2D eigenvalue weighted by molar-refractivity contribution is 5.90. The van der Waals surface area contributed by atoms with E-state index in [0.717, 1.165) is 49.9 Å². The van der Waals surface area contributed by atoms with Crippen molar-refractivity contribution in [1.29, 1.82) is 10.5 Å². The zero-order valence-electron chi connectivity index (χ0n) is 23.7. The molecule has 5 rings (SSSR count). The molecule has 0 saturated carbocycles. The Bertz CT molecular complexity index is 1680. The average Bonchev–Trinajstić information content (AvgIpc) is 3.55. The van der Waals surface area contributed by atoms with Crippen LogP contribution in [-0.4, -0.2) is 9.13 Å². The Hall–Kier alpha value is -5.00. The fourth-order valence-corrected chi connectivity index (χ4v) is 5.19. The van der Waals surface area contributed by atoms with Crippen LogP contribution in [0.3, 0.4) is 0 Å². The molecule has 41 heavy (non-hydrogen) atoms. The Morgan fingerprint density at radius 3 is 1.61 bits per heavy atom. The highest BCUT2D eigenvalue weighted by Gasteiger charge is 2.13. The molecule has 5 heteroatoms. The van der Waals surface area contributed by atoms with Gasteiger partial charge in [0.1, 0.15) is 29.2 Å². The van der Waals surface area contributed by atoms with Gasteiger partial charge in [0.25, 0.3) is 0 Å². The van der Waals surface area contributed by atoms with E-state index in [9.17, 15) is 10.5 Å². The lowest BCUT2D eigenvalue weighted by molar-refractivity contribution is 0.332. The van der Waals surface area contributed by atoms with Crippen LogP contribution in [-0.2, 0) is 17.8 Å². The van der Waals surface area contributed by atoms with Crippen molar-refractivity contribution in [3.05, 3.63) is 119 Å². The predicted octanol–water partition coefficient (Wildman–Crippen LogP) is 9.06. The number of ether oxygens (including phenoxy) is 1. The summed E-state index contributed by atoms with van der Waals surface area (Å²) in [4.78, 5) is 0. The molecule has 0 spiro atoms. The van der Waals surface area contributed by atoms with E-state index >= 15 is 0 Å². The van der Waals surface area contributed by atoms with Crippen LogP contribution in [0.2, 0.25) is 0 Å². The molecule has 0 unspecified atom stereocenters. The monoisotopic (exact) mass is 538 g/mol. The van der Waals surface area contributed by atoms with Gasteiger partial charge in [0.15, 0.2) is 0 Å². The molecular weight excluding hydrogens is 504 g/mol. The third kappa shape index (κ3) is 6.11. The van der Waals surface area contributed by atoms with Crippen molar-refractivity contribution in [1.82, 2.24) is 9.13 Å². The topological polar surface area (TPSA) is 66.7 Å². The Kier molecular flexibility index (Phi) is 8.67. The minimum atomic E-state index is 0.0532. The SMILES string of the molecule is CCCCn1cc(/C=C/C2=CC(=C(C#N)C#N)C=C(/C=C/c3cn(CCCC)c4ccccc34)O2)c2ccccc21. The van der Waals surface area contributed by atoms with Gasteiger partial charge in [-0.05, 0) is 61.4 Å². The predicted molar refractivity (Wildman–Crippen MR) is 167 cm³/mol. The van der Waals surface area contributed by atoms with Crippen LogP contribution in [0.4, 0.5) is 0 Å². The zero-order chi connectivity index (χ0) is 28.6. The van der Waals surface area contributed by atoms with E-state index in [0.29, 0.717) is 17.1 Å². The van der Waals surface area contributed by atoms with Gasteiger partial charge in [0.05, 0.1) is 0 Å². The second kappa shape index (κ2) is 12.9. The molecule has 0 amide bonds. The van der Waals surface area contributed by atoms with Gasteiger partial charge < -0.3 is 13.9 Å². The van der Waals surface area contributed by atoms with E-state index in [-0.39, 0.29) is 5.57 Å². The van der Waals surface area contributed by atoms with Crippen molar-refractivity contribution >= 4 is 34.0 Å². The largest absolute Gasteiger partial charge is 0.457 e. The molecule has 0 fully saturated rings. The van der Waals surface area contributed by atoms with Crippen molar-refractivity contribution in [2.75, 3.05) is 0 Å². The summed E-state index contributed by atoms with van der Waals surface area (Å²) in [7, 11) is 0. The Morgan fingerprint density at radius 2 is 1.17 bits per heavy atom. The Balaban J connectivity index is 1.46. The van der Waals surface area contributed by atoms with Crippen molar-refractivity contribution < 1.29 is 4.74 Å². The lowest BCUT2D eigenvalue weighted by atomic mass is 10.0. The van der Waals surface area contributed by atoms with Gasteiger partial charge in [-0.25, -0.2) is 0 Å². The number of fused-ring (bicyclic) bond motifs is 2. The summed E-state index contributed by atoms with van der Waals surface area (Å²) in [5, 5.41) is 21.5. The van der Waals surface area contributed by atoms with Crippen molar-refractivity contribution in [3.8, 4) is 12.1 Å². The molecule has 3 heterocycles. The van der Waals surface area contributed by atoms with Gasteiger partial charge in [0, 0.05) is 64.0 Å². The number of hydrogen-bond donors (Lipinski definition) is 0. The van der Waals surface area contributed by atoms with Crippen LogP contribution < -0.4 is 0 Å². The summed E-state index contributed by atoms with van der Waals surface area (Å²) < 4.78 is 10.8. The maximum Gasteiger partial charge on any atom is 0.137 e. The summed E-state index contributed by atoms with van der Waals surface area (Å²) in [6.07, 6.45) is 20.3. The molecule has 5 nitrogen and oxygen atoms in total. The molecular formula is C36H34N4O. The molecule has 2 aromatic carbocycles. The van der Waals surface area contributed by atoms with E-state index in [1.165, 1.54) is 21.8 Å². The van der Waals surface area contributed by atoms with Gasteiger partial charge in [-0.1, -0.05) is 63.1 Å². The summed E-state index contributed by atoms with van der Waals surface area (Å²) in [5.74, 6) is 1.14. The van der Waals surface area contributed by atoms with Crippen LogP contribution in [0.5, 0.6) is 0 Å². The summed E-state index contributed by atoms with van der Waals surface area (Å²) >= 11 is 0. The molecule has 1 aliphatic heterocycles. The second-order valence-corrected chi connectivity index (χ2v) is 10.2. The first-order valence-electron chi connectivity index (χ1n) is 14.3. The van der Waals surface area contributed by atoms with Gasteiger partial charge in [-0.2, -0.15) is 10.5 Å². The van der Waals surface area contributed by atoms with Gasteiger partial charge in [0.2, 0.25) is 0 Å². The molecule has 0 saturated heterocycles. The zero-order valence-corrected chi connectivity index (χ0v) is 23.7. The first-order valence-corrected chi connectivity index (χ1v) is 14.3. The summed E-state index contributed by atoms with van der Waals surface area (Å²) in [6.45, 7) is 6.34. The third-order valence-corrected chi connectivity index (χ3v) is 7.34. The highest BCUT2D eigenvalue weighted by Crippen LogP contribution is 2.28. The van der Waals surface area contributed by atoms with E-state index in [1.54, 1.807) is 12.2 Å². The van der Waals surface area contributed by atoms with Crippen LogP contribution in [0, 0.1) is 22.7 Å². The first kappa shape index (κ1) is 27.6. The number of unbranched alkanes of at least 4 members (excludes halogenated alkanes) is 2. The molecule has 1 aliphatic rings. The standard InChI is InChI=1S/C36H34N4O/c1-3-5-19-39-25-27(33-11-7-9-13-35(33)39)15-17-31-21-29(30(23-37)24-38)22-32(41-31)18-16-28-26-40(20-6-4-2)36-14-10-8-12-34(28)36/h7-18,21-22,25-26H,3-6,19-20H2,1-2H3/b17-15+,18-16+. The van der Waals surface area contributed by atoms with Crippen LogP contribution in [0.15, 0.2) is 108 Å². The number of para-hydroxylation sites is 2. The molecule has 0 N–H and O–H groups in total. The molecule has 0 radical (unpaired) electrons. The number of aromatic nitrogens is 2. The van der Waals surface area contributed by atoms with E-state index in [2.05, 4.69) is 83.9 Å². The number of allylic oxidation sites excluding steroid dienone is 6. The van der Waals surface area contributed by atoms with E-state index in [1.807, 2.05) is 36.4 Å². The molecule has 0 atom stereocenters. The Morgan fingerprint density at radius 1 is 0.707 bits per heavy atom. The van der Waals surface area contributed by atoms with Crippen LogP contribution in [0.1, 0.15) is 50.7 Å². The minimum absolute atomic E-state index is 0.0532. The number of nitriles is 2. The van der Waals surface area contributed by atoms with E-state index < -0.39 is 0 Å². The maximum atomic E-state index is 9.58. The maximum absolute atomic E-state index is 9.58.